The molecule has 418 valence electrons. The summed E-state index contributed by atoms with van der Waals surface area (Å²) < 4.78 is 0. The molecule has 26 heteroatoms. The molecule has 0 bridgehead atoms. The van der Waals surface area contributed by atoms with Crippen molar-refractivity contribution in [1.29, 1.82) is 0 Å². The maximum absolute atomic E-state index is 14.4. The minimum Gasteiger partial charge on any atom is -0.508 e. The molecule has 11 atom stereocenters. The number of nitrogens with two attached hydrogens (primary N) is 1. The Kier molecular flexibility index (Phi) is 24.7. The van der Waals surface area contributed by atoms with Gasteiger partial charge in [-0.2, -0.15) is 11.8 Å². The van der Waals surface area contributed by atoms with Crippen LogP contribution in [0, 0.1) is 11.8 Å². The van der Waals surface area contributed by atoms with Gasteiger partial charge in [0.25, 0.3) is 0 Å². The maximum atomic E-state index is 14.4. The molecule has 3 rings (SSSR count). The molecule has 0 saturated carbocycles. The van der Waals surface area contributed by atoms with E-state index in [-0.39, 0.29) is 56.9 Å². The van der Waals surface area contributed by atoms with Crippen LogP contribution in [0.2, 0.25) is 0 Å². The number of carbonyl (C=O) groups excluding carboxylic acids is 9. The molecule has 0 spiro atoms. The van der Waals surface area contributed by atoms with Gasteiger partial charge in [-0.1, -0.05) is 39.8 Å². The lowest BCUT2D eigenvalue weighted by Crippen LogP contribution is -2.62. The summed E-state index contributed by atoms with van der Waals surface area (Å²) in [7, 11) is 0. The molecule has 13 N–H and O–H groups in total. The predicted molar refractivity (Wildman–Crippen MR) is 273 cm³/mol. The molecule has 0 unspecified atom stereocenters. The van der Waals surface area contributed by atoms with E-state index in [1.165, 1.54) is 66.6 Å². The first-order chi connectivity index (χ1) is 35.2. The highest BCUT2D eigenvalue weighted by Gasteiger charge is 2.45. The van der Waals surface area contributed by atoms with Crippen LogP contribution in [0.1, 0.15) is 99.0 Å². The van der Waals surface area contributed by atoms with Crippen molar-refractivity contribution in [3.63, 3.8) is 0 Å². The zero-order valence-corrected chi connectivity index (χ0v) is 44.6. The van der Waals surface area contributed by atoms with Crippen LogP contribution >= 0.6 is 11.8 Å². The largest absolute Gasteiger partial charge is 0.508 e. The predicted octanol–water partition coefficient (Wildman–Crippen LogP) is -1.93. The third kappa shape index (κ3) is 19.0. The van der Waals surface area contributed by atoms with Crippen molar-refractivity contribution in [2.24, 2.45) is 17.6 Å². The smallest absolute Gasteiger partial charge is 0.326 e. The van der Waals surface area contributed by atoms with Crippen LogP contribution in [0.5, 0.6) is 5.75 Å². The number of aliphatic hydroxyl groups is 1. The van der Waals surface area contributed by atoms with Crippen molar-refractivity contribution in [2.75, 3.05) is 25.1 Å². The van der Waals surface area contributed by atoms with Crippen molar-refractivity contribution in [3.05, 3.63) is 29.8 Å². The van der Waals surface area contributed by atoms with E-state index in [1.54, 1.807) is 20.1 Å². The number of aliphatic carboxylic acids is 2. The van der Waals surface area contributed by atoms with Crippen molar-refractivity contribution in [1.82, 2.24) is 47.0 Å². The molecule has 2 aliphatic heterocycles. The third-order valence-electron chi connectivity index (χ3n) is 12.8. The summed E-state index contributed by atoms with van der Waals surface area (Å²) in [5.41, 5.74) is 6.35. The number of hydrogen-bond donors (Lipinski definition) is 12. The lowest BCUT2D eigenvalue weighted by Gasteiger charge is -2.34. The molecule has 0 aromatic heterocycles. The van der Waals surface area contributed by atoms with E-state index < -0.39 is 144 Å². The summed E-state index contributed by atoms with van der Waals surface area (Å²) in [6, 6.07) is -7.40. The van der Waals surface area contributed by atoms with Gasteiger partial charge in [-0.05, 0) is 101 Å². The van der Waals surface area contributed by atoms with Crippen molar-refractivity contribution in [2.45, 2.75) is 166 Å². The van der Waals surface area contributed by atoms with Gasteiger partial charge in [0.05, 0.1) is 18.6 Å². The first kappa shape index (κ1) is 62.8. The normalized spacial score (nSPS) is 19.0. The number of hydrogen-bond acceptors (Lipinski definition) is 15. The van der Waals surface area contributed by atoms with Gasteiger partial charge in [-0.15, -0.1) is 0 Å². The monoisotopic (exact) mass is 1080 g/mol. The second kappa shape index (κ2) is 29.5. The maximum Gasteiger partial charge on any atom is 0.326 e. The lowest BCUT2D eigenvalue weighted by atomic mass is 10.0. The van der Waals surface area contributed by atoms with Crippen LogP contribution in [-0.2, 0) is 59.2 Å². The number of likely N-dealkylation sites (tertiary alicyclic amines) is 2. The molecule has 2 heterocycles. The standard InChI is InChI=1S/C49H76N10O15S/c1-24(2)21-31(50)42(66)55-34(23-37(62)63)43(67)51-26(5)41(65)54-33(22-29-13-15-30(61)16-14-29)44(68)57-39(28(7)60)48(72)59-19-10-12-36(59)47(71)58-18-9-11-35(58)45(69)56-38(25(3)4)46(70)52-27(6)40(64)53-32(49(73)74)17-20-75-8/h13-16,24-28,31-36,38-39,60-61H,9-12,17-23,50H2,1-8H3,(H,51,67)(H,52,70)(H,53,64)(H,54,65)(H,55,66)(H,56,69)(H,57,68)(H,62,63)(H,73,74)/t26-,27-,28+,31+,32-,33-,34-,35-,36-,38-,39-/m1/s1. The summed E-state index contributed by atoms with van der Waals surface area (Å²) in [4.78, 5) is 149. The summed E-state index contributed by atoms with van der Waals surface area (Å²) in [5.74, 6) is -10.1. The Balaban J connectivity index is 1.78. The van der Waals surface area contributed by atoms with Gasteiger partial charge in [-0.25, -0.2) is 4.79 Å². The van der Waals surface area contributed by atoms with Crippen molar-refractivity contribution >= 4 is 76.9 Å². The Hall–Kier alpha value is -6.54. The van der Waals surface area contributed by atoms with Gasteiger partial charge in [0, 0.05) is 19.5 Å². The number of carbonyl (C=O) groups is 11. The lowest BCUT2D eigenvalue weighted by molar-refractivity contribution is -0.149. The molecule has 2 saturated heterocycles. The number of nitrogens with one attached hydrogen (secondary N) is 7. The second-order valence-electron chi connectivity index (χ2n) is 19.8. The highest BCUT2D eigenvalue weighted by atomic mass is 32.2. The average Bonchev–Trinajstić information content (AvgIpc) is 4.04. The molecular weight excluding hydrogens is 1000 g/mol. The number of aliphatic hydroxyl groups excluding tert-OH is 1. The van der Waals surface area contributed by atoms with Crippen LogP contribution in [0.3, 0.4) is 0 Å². The minimum absolute atomic E-state index is 0.00669. The Morgan fingerprint density at radius 1 is 0.653 bits per heavy atom. The van der Waals surface area contributed by atoms with Gasteiger partial charge >= 0.3 is 11.9 Å². The minimum atomic E-state index is -1.68. The van der Waals surface area contributed by atoms with Gasteiger partial charge in [-0.3, -0.25) is 47.9 Å². The highest BCUT2D eigenvalue weighted by Crippen LogP contribution is 2.26. The number of thioether (sulfide) groups is 1. The molecular formula is C49H76N10O15S. The third-order valence-corrected chi connectivity index (χ3v) is 13.4. The number of carboxylic acids is 2. The Labute approximate surface area is 440 Å². The molecule has 75 heavy (non-hydrogen) atoms. The summed E-state index contributed by atoms with van der Waals surface area (Å²) in [6.45, 7) is 11.0. The SMILES string of the molecule is CSCC[C@@H](NC(=O)[C@@H](C)NC(=O)[C@H](NC(=O)[C@H]1CCCN1C(=O)[C@H]1CCCN1C(=O)[C@H](NC(=O)[C@@H](Cc1ccc(O)cc1)NC(=O)[C@@H](C)NC(=O)[C@@H](CC(=O)O)NC(=O)[C@@H](N)CC(C)C)[C@H](C)O)C(C)C)C(=O)O. The molecule has 0 radical (unpaired) electrons. The molecule has 0 aliphatic carbocycles. The number of benzene rings is 1. The fourth-order valence-electron chi connectivity index (χ4n) is 8.58. The number of amides is 9. The highest BCUT2D eigenvalue weighted by molar-refractivity contribution is 7.98. The van der Waals surface area contributed by atoms with Gasteiger partial charge in [0.1, 0.15) is 60.1 Å². The second-order valence-corrected chi connectivity index (χ2v) is 20.8. The molecule has 1 aromatic rings. The number of rotatable bonds is 28. The zero-order chi connectivity index (χ0) is 56.4. The van der Waals surface area contributed by atoms with Crippen molar-refractivity contribution in [3.8, 4) is 5.75 Å². The fourth-order valence-corrected chi connectivity index (χ4v) is 9.05. The molecule has 2 aliphatic rings. The number of phenols is 1. The topological polar surface area (TPSA) is 385 Å². The van der Waals surface area contributed by atoms with Crippen LogP contribution in [0.4, 0.5) is 0 Å². The molecule has 9 amide bonds. The first-order valence-electron chi connectivity index (χ1n) is 25.1. The van der Waals surface area contributed by atoms with Gasteiger partial charge in [0.2, 0.25) is 53.2 Å². The number of aromatic hydroxyl groups is 1. The van der Waals surface area contributed by atoms with Gasteiger partial charge in [0.15, 0.2) is 0 Å². The van der Waals surface area contributed by atoms with Crippen LogP contribution < -0.4 is 43.0 Å². The Bertz CT molecular complexity index is 2220. The summed E-state index contributed by atoms with van der Waals surface area (Å²) in [5, 5.41) is 57.2. The van der Waals surface area contributed by atoms with E-state index in [0.29, 0.717) is 24.2 Å². The first-order valence-corrected chi connectivity index (χ1v) is 26.4. The van der Waals surface area contributed by atoms with E-state index in [4.69, 9.17) is 5.73 Å². The van der Waals surface area contributed by atoms with Crippen LogP contribution in [0.25, 0.3) is 0 Å². The van der Waals surface area contributed by atoms with Crippen LogP contribution in [-0.4, -0.2) is 187 Å². The van der Waals surface area contributed by atoms with E-state index in [9.17, 15) is 73.2 Å². The van der Waals surface area contributed by atoms with Crippen molar-refractivity contribution < 1.29 is 73.2 Å². The van der Waals surface area contributed by atoms with E-state index in [2.05, 4.69) is 37.2 Å². The van der Waals surface area contributed by atoms with E-state index in [1.807, 2.05) is 13.8 Å². The van der Waals surface area contributed by atoms with Gasteiger partial charge < -0.3 is 73.2 Å². The quantitative estimate of drug-likeness (QED) is 0.0435. The Morgan fingerprint density at radius 3 is 1.72 bits per heavy atom. The summed E-state index contributed by atoms with van der Waals surface area (Å²) >= 11 is 1.41. The number of nitrogens with zero attached hydrogens (tertiary/aromatic N) is 2. The zero-order valence-electron chi connectivity index (χ0n) is 43.8. The molecule has 2 fully saturated rings. The fraction of sp³-hybridized carbons (Fsp3) is 0.653. The van der Waals surface area contributed by atoms with E-state index >= 15 is 0 Å². The molecule has 1 aromatic carbocycles. The summed E-state index contributed by atoms with van der Waals surface area (Å²) in [6.07, 6.45) is 0.655. The average molecular weight is 1080 g/mol. The van der Waals surface area contributed by atoms with Crippen LogP contribution in [0.15, 0.2) is 24.3 Å². The molecule has 25 nitrogen and oxygen atoms in total. The number of phenolic OH excluding ortho intramolecular Hbond substituents is 1. The Morgan fingerprint density at radius 2 is 1.19 bits per heavy atom. The number of carboxylic acid groups (broad SMARTS) is 2. The van der Waals surface area contributed by atoms with E-state index in [0.717, 1.165) is 0 Å².